The van der Waals surface area contributed by atoms with Crippen LogP contribution in [0, 0.1) is 0 Å². The quantitative estimate of drug-likeness (QED) is 0.580. The molecule has 0 radical (unpaired) electrons. The maximum absolute atomic E-state index is 5.34. The maximum atomic E-state index is 5.34. The first kappa shape index (κ1) is 12.2. The van der Waals surface area contributed by atoms with E-state index in [2.05, 4.69) is 15.2 Å². The van der Waals surface area contributed by atoms with Crippen LogP contribution in [-0.2, 0) is 0 Å². The van der Waals surface area contributed by atoms with Crippen molar-refractivity contribution in [1.82, 2.24) is 24.2 Å². The average Bonchev–Trinajstić information content (AvgIpc) is 3.17. The lowest BCUT2D eigenvalue weighted by Crippen LogP contribution is -1.90. The fraction of sp³-hybridized carbons (Fsp3) is 0.154. The van der Waals surface area contributed by atoms with E-state index in [1.165, 1.54) is 11.3 Å². The van der Waals surface area contributed by atoms with Crippen molar-refractivity contribution in [1.29, 1.82) is 0 Å². The summed E-state index contributed by atoms with van der Waals surface area (Å²) in [7, 11) is 3.23. The monoisotopic (exact) mass is 301 g/mol. The Bertz CT molecular complexity index is 907. The summed E-state index contributed by atoms with van der Waals surface area (Å²) in [6.07, 6.45) is 3.71. The number of imidazole rings is 1. The van der Waals surface area contributed by atoms with E-state index < -0.39 is 0 Å². The van der Waals surface area contributed by atoms with Gasteiger partial charge >= 0.3 is 0 Å². The maximum Gasteiger partial charge on any atom is 0.294 e. The van der Waals surface area contributed by atoms with E-state index in [4.69, 9.17) is 9.47 Å². The summed E-state index contributed by atoms with van der Waals surface area (Å²) in [5.74, 6) is 0.775. The average molecular weight is 301 g/mol. The second kappa shape index (κ2) is 4.45. The minimum atomic E-state index is 0.584. The highest BCUT2D eigenvalue weighted by Crippen LogP contribution is 2.27. The molecule has 7 nitrogen and oxygen atoms in total. The van der Waals surface area contributed by atoms with E-state index in [1.807, 2.05) is 30.6 Å². The lowest BCUT2D eigenvalue weighted by molar-refractivity contribution is 0.405. The predicted molar refractivity (Wildman–Crippen MR) is 78.2 cm³/mol. The molecule has 4 rings (SSSR count). The molecular weight excluding hydrogens is 290 g/mol. The highest BCUT2D eigenvalue weighted by Gasteiger charge is 2.14. The van der Waals surface area contributed by atoms with Gasteiger partial charge in [-0.2, -0.15) is 5.10 Å². The molecule has 0 aliphatic carbocycles. The van der Waals surface area contributed by atoms with E-state index in [-0.39, 0.29) is 0 Å². The summed E-state index contributed by atoms with van der Waals surface area (Å²) in [5, 5.41) is 9.36. The van der Waals surface area contributed by atoms with Gasteiger partial charge in [0, 0.05) is 6.20 Å². The van der Waals surface area contributed by atoms with Crippen LogP contribution in [0.5, 0.6) is 10.9 Å². The Kier molecular flexibility index (Phi) is 2.58. The molecule has 0 saturated carbocycles. The zero-order valence-corrected chi connectivity index (χ0v) is 12.2. The summed E-state index contributed by atoms with van der Waals surface area (Å²) in [5.41, 5.74) is 2.44. The van der Waals surface area contributed by atoms with Crippen molar-refractivity contribution >= 4 is 21.8 Å². The predicted octanol–water partition coefficient (Wildman–Crippen LogP) is 2.12. The van der Waals surface area contributed by atoms with Gasteiger partial charge in [0.25, 0.3) is 5.19 Å². The molecule has 0 amide bonds. The minimum Gasteiger partial charge on any atom is -0.494 e. The third kappa shape index (κ3) is 1.83. The van der Waals surface area contributed by atoms with Gasteiger partial charge in [0.15, 0.2) is 0 Å². The SMILES string of the molecule is COc1nn2cc(-c3cc4c(OC)cccn4n3)nc2s1. The first-order valence-corrected chi connectivity index (χ1v) is 7.03. The Balaban J connectivity index is 1.85. The Labute approximate surface area is 123 Å². The summed E-state index contributed by atoms with van der Waals surface area (Å²) in [6, 6.07) is 5.74. The van der Waals surface area contributed by atoms with Crippen LogP contribution in [0.4, 0.5) is 0 Å². The van der Waals surface area contributed by atoms with E-state index in [0.717, 1.165) is 27.6 Å². The van der Waals surface area contributed by atoms with Crippen molar-refractivity contribution in [3.05, 3.63) is 30.6 Å². The van der Waals surface area contributed by atoms with Crippen LogP contribution >= 0.6 is 11.3 Å². The molecule has 4 aromatic rings. The topological polar surface area (TPSA) is 66.0 Å². The number of aromatic nitrogens is 5. The van der Waals surface area contributed by atoms with Crippen LogP contribution in [0.3, 0.4) is 0 Å². The molecule has 0 atom stereocenters. The van der Waals surface area contributed by atoms with Crippen molar-refractivity contribution in [2.75, 3.05) is 14.2 Å². The van der Waals surface area contributed by atoms with E-state index in [0.29, 0.717) is 5.19 Å². The molecule has 106 valence electrons. The summed E-state index contributed by atoms with van der Waals surface area (Å²) < 4.78 is 13.9. The van der Waals surface area contributed by atoms with Crippen LogP contribution in [0.1, 0.15) is 0 Å². The van der Waals surface area contributed by atoms with Crippen LogP contribution in [-0.4, -0.2) is 38.4 Å². The van der Waals surface area contributed by atoms with Crippen molar-refractivity contribution in [3.8, 4) is 22.3 Å². The normalized spacial score (nSPS) is 11.3. The van der Waals surface area contributed by atoms with Gasteiger partial charge in [0.2, 0.25) is 4.96 Å². The molecule has 4 heterocycles. The number of hydrogen-bond donors (Lipinski definition) is 0. The fourth-order valence-electron chi connectivity index (χ4n) is 2.18. The first-order valence-electron chi connectivity index (χ1n) is 6.21. The highest BCUT2D eigenvalue weighted by atomic mass is 32.1. The van der Waals surface area contributed by atoms with Gasteiger partial charge in [-0.25, -0.2) is 14.0 Å². The van der Waals surface area contributed by atoms with Crippen molar-refractivity contribution in [3.63, 3.8) is 0 Å². The molecule has 0 unspecified atom stereocenters. The first-order chi connectivity index (χ1) is 10.3. The molecule has 8 heteroatoms. The van der Waals surface area contributed by atoms with Crippen molar-refractivity contribution in [2.45, 2.75) is 0 Å². The molecule has 4 aromatic heterocycles. The number of hydrogen-bond acceptors (Lipinski definition) is 6. The van der Waals surface area contributed by atoms with Gasteiger partial charge in [-0.1, -0.05) is 0 Å². The van der Waals surface area contributed by atoms with Gasteiger partial charge in [0.1, 0.15) is 22.7 Å². The molecule has 0 aromatic carbocycles. The molecule has 0 bridgehead atoms. The van der Waals surface area contributed by atoms with E-state index in [1.54, 1.807) is 23.3 Å². The molecule has 0 N–H and O–H groups in total. The molecular formula is C13H11N5O2S. The zero-order chi connectivity index (χ0) is 14.4. The number of rotatable bonds is 3. The number of ether oxygens (including phenoxy) is 2. The van der Waals surface area contributed by atoms with E-state index >= 15 is 0 Å². The number of methoxy groups -OCH3 is 2. The Morgan fingerprint density at radius 3 is 2.76 bits per heavy atom. The number of nitrogens with zero attached hydrogens (tertiary/aromatic N) is 5. The van der Waals surface area contributed by atoms with Crippen LogP contribution < -0.4 is 9.47 Å². The summed E-state index contributed by atoms with van der Waals surface area (Å²) in [4.78, 5) is 5.29. The molecule has 21 heavy (non-hydrogen) atoms. The molecule has 0 aliphatic rings. The second-order valence-electron chi connectivity index (χ2n) is 4.36. The summed E-state index contributed by atoms with van der Waals surface area (Å²) >= 11 is 1.39. The van der Waals surface area contributed by atoms with Crippen molar-refractivity contribution < 1.29 is 9.47 Å². The Morgan fingerprint density at radius 1 is 1.10 bits per heavy atom. The van der Waals surface area contributed by atoms with Crippen molar-refractivity contribution in [2.24, 2.45) is 0 Å². The lowest BCUT2D eigenvalue weighted by Gasteiger charge is -1.99. The minimum absolute atomic E-state index is 0.584. The molecule has 0 saturated heterocycles. The lowest BCUT2D eigenvalue weighted by atomic mass is 10.3. The van der Waals surface area contributed by atoms with Gasteiger partial charge in [-0.3, -0.25) is 0 Å². The van der Waals surface area contributed by atoms with Gasteiger partial charge in [0.05, 0.1) is 20.4 Å². The van der Waals surface area contributed by atoms with Crippen LogP contribution in [0.25, 0.3) is 21.9 Å². The smallest absolute Gasteiger partial charge is 0.294 e. The van der Waals surface area contributed by atoms with Crippen LogP contribution in [0.15, 0.2) is 30.6 Å². The molecule has 0 spiro atoms. The Morgan fingerprint density at radius 2 is 2.00 bits per heavy atom. The summed E-state index contributed by atoms with van der Waals surface area (Å²) in [6.45, 7) is 0. The number of pyridine rings is 1. The zero-order valence-electron chi connectivity index (χ0n) is 11.3. The number of fused-ring (bicyclic) bond motifs is 2. The van der Waals surface area contributed by atoms with Gasteiger partial charge in [-0.05, 0) is 29.5 Å². The van der Waals surface area contributed by atoms with Gasteiger partial charge < -0.3 is 9.47 Å². The highest BCUT2D eigenvalue weighted by molar-refractivity contribution is 7.18. The Hall–Kier alpha value is -2.61. The second-order valence-corrected chi connectivity index (χ2v) is 5.28. The van der Waals surface area contributed by atoms with Gasteiger partial charge in [-0.15, -0.1) is 5.10 Å². The largest absolute Gasteiger partial charge is 0.494 e. The fourth-order valence-corrected chi connectivity index (χ4v) is 2.87. The third-order valence-electron chi connectivity index (χ3n) is 3.14. The van der Waals surface area contributed by atoms with Crippen LogP contribution in [0.2, 0.25) is 0 Å². The molecule has 0 aliphatic heterocycles. The van der Waals surface area contributed by atoms with E-state index in [9.17, 15) is 0 Å². The standard InChI is InChI=1S/C13H11N5O2S/c1-19-11-4-3-5-17-10(11)6-8(15-17)9-7-18-12(14-9)21-13(16-18)20-2/h3-7H,1-2H3. The molecule has 0 fully saturated rings. The third-order valence-corrected chi connectivity index (χ3v) is 4.03.